The normalized spacial score (nSPS) is 13.8. The standard InChI is InChI=1S/C29H22F5N5O4S/c1-42-28-38-37-23(44-28)11-43-22-4-2-3-19(35-22)16-9-17(31)15(24(33)25(16)34)10-21-36-26-18(32)7-14(27(40)41)8-20(26)39(21)13-29(12-30)5-6-29/h2-4,7-9H,5-6,10-13H2,1H3,(H,40,41). The van der Waals surface area contributed by atoms with E-state index in [2.05, 4.69) is 20.2 Å². The molecular weight excluding hydrogens is 609 g/mol. The Morgan fingerprint density at radius 3 is 2.55 bits per heavy atom. The van der Waals surface area contributed by atoms with Gasteiger partial charge in [-0.15, -0.1) is 5.10 Å². The highest BCUT2D eigenvalue weighted by Gasteiger charge is 2.44. The number of nitrogens with zero attached hydrogens (tertiary/aromatic N) is 5. The Labute approximate surface area is 249 Å². The van der Waals surface area contributed by atoms with Gasteiger partial charge >= 0.3 is 5.97 Å². The van der Waals surface area contributed by atoms with Gasteiger partial charge in [0.1, 0.15) is 23.8 Å². The number of alkyl halides is 1. The molecule has 9 nitrogen and oxygen atoms in total. The van der Waals surface area contributed by atoms with Gasteiger partial charge in [0.05, 0.1) is 30.6 Å². The van der Waals surface area contributed by atoms with E-state index in [1.165, 1.54) is 35.9 Å². The van der Waals surface area contributed by atoms with E-state index >= 15 is 13.2 Å². The minimum absolute atomic E-state index is 0.0256. The molecule has 0 radical (unpaired) electrons. The van der Waals surface area contributed by atoms with Gasteiger partial charge < -0.3 is 19.1 Å². The van der Waals surface area contributed by atoms with Crippen LogP contribution in [0.4, 0.5) is 22.0 Å². The molecule has 0 saturated heterocycles. The molecule has 1 aliphatic carbocycles. The molecule has 0 bridgehead atoms. The highest BCUT2D eigenvalue weighted by Crippen LogP contribution is 2.48. The third kappa shape index (κ3) is 5.54. The van der Waals surface area contributed by atoms with Crippen molar-refractivity contribution >= 4 is 28.3 Å². The van der Waals surface area contributed by atoms with Gasteiger partial charge in [-0.05, 0) is 37.1 Å². The molecule has 6 rings (SSSR count). The lowest BCUT2D eigenvalue weighted by atomic mass is 10.0. The molecule has 15 heteroatoms. The fourth-order valence-electron chi connectivity index (χ4n) is 4.81. The number of carboxylic acids is 1. The number of aromatic nitrogens is 5. The Morgan fingerprint density at radius 1 is 1.07 bits per heavy atom. The first-order chi connectivity index (χ1) is 21.1. The number of pyridine rings is 1. The average Bonchev–Trinajstić information content (AvgIpc) is 3.49. The molecule has 1 N–H and O–H groups in total. The Balaban J connectivity index is 1.34. The summed E-state index contributed by atoms with van der Waals surface area (Å²) in [4.78, 5) is 19.9. The monoisotopic (exact) mass is 631 g/mol. The molecule has 5 aromatic rings. The van der Waals surface area contributed by atoms with Gasteiger partial charge in [-0.1, -0.05) is 22.5 Å². The number of ether oxygens (including phenoxy) is 2. The predicted octanol–water partition coefficient (Wildman–Crippen LogP) is 6.13. The number of aromatic carboxylic acids is 1. The molecule has 0 aliphatic heterocycles. The highest BCUT2D eigenvalue weighted by atomic mass is 32.1. The van der Waals surface area contributed by atoms with Gasteiger partial charge in [0.15, 0.2) is 22.5 Å². The van der Waals surface area contributed by atoms with E-state index in [4.69, 9.17) is 9.47 Å². The van der Waals surface area contributed by atoms with Crippen LogP contribution in [-0.2, 0) is 19.6 Å². The smallest absolute Gasteiger partial charge is 0.335 e. The molecular formula is C29H22F5N5O4S. The number of imidazole rings is 1. The number of carboxylic acid groups (broad SMARTS) is 1. The van der Waals surface area contributed by atoms with Gasteiger partial charge in [0, 0.05) is 35.6 Å². The number of rotatable bonds is 11. The van der Waals surface area contributed by atoms with Crippen molar-refractivity contribution in [3.8, 4) is 22.3 Å². The van der Waals surface area contributed by atoms with E-state index in [1.807, 2.05) is 0 Å². The first kappa shape index (κ1) is 29.4. The minimum Gasteiger partial charge on any atom is -0.478 e. The SMILES string of the molecule is COc1nnc(COc2cccc(-c3cc(F)c(Cc4nc5c(F)cc(C(=O)O)cc5n4CC4(CF)CC4)c(F)c3F)n2)s1. The summed E-state index contributed by atoms with van der Waals surface area (Å²) in [5.74, 6) is -6.41. The van der Waals surface area contributed by atoms with Crippen molar-refractivity contribution < 1.29 is 41.3 Å². The number of carbonyl (C=O) groups is 1. The zero-order valence-electron chi connectivity index (χ0n) is 22.9. The zero-order chi connectivity index (χ0) is 31.2. The Bertz CT molecular complexity index is 1910. The molecule has 2 aromatic carbocycles. The van der Waals surface area contributed by atoms with E-state index in [9.17, 15) is 18.7 Å². The van der Waals surface area contributed by atoms with Crippen molar-refractivity contribution in [3.05, 3.63) is 81.6 Å². The van der Waals surface area contributed by atoms with Crippen molar-refractivity contribution in [2.45, 2.75) is 32.4 Å². The molecule has 1 saturated carbocycles. The van der Waals surface area contributed by atoms with Crippen LogP contribution in [0.5, 0.6) is 11.1 Å². The maximum absolute atomic E-state index is 15.5. The van der Waals surface area contributed by atoms with Crippen LogP contribution in [0.2, 0.25) is 0 Å². The first-order valence-electron chi connectivity index (χ1n) is 13.2. The van der Waals surface area contributed by atoms with Crippen LogP contribution < -0.4 is 9.47 Å². The molecule has 3 heterocycles. The van der Waals surface area contributed by atoms with Gasteiger partial charge in [0.25, 0.3) is 5.19 Å². The Morgan fingerprint density at radius 2 is 1.86 bits per heavy atom. The van der Waals surface area contributed by atoms with Crippen molar-refractivity contribution in [1.29, 1.82) is 0 Å². The maximum atomic E-state index is 15.5. The summed E-state index contributed by atoms with van der Waals surface area (Å²) in [6.45, 7) is -0.757. The largest absolute Gasteiger partial charge is 0.478 e. The van der Waals surface area contributed by atoms with Crippen LogP contribution in [0.15, 0.2) is 36.4 Å². The van der Waals surface area contributed by atoms with Crippen molar-refractivity contribution in [3.63, 3.8) is 0 Å². The third-order valence-corrected chi connectivity index (χ3v) is 8.28. The van der Waals surface area contributed by atoms with Crippen LogP contribution >= 0.6 is 11.3 Å². The molecule has 0 amide bonds. The molecule has 0 spiro atoms. The highest BCUT2D eigenvalue weighted by molar-refractivity contribution is 7.13. The Kier molecular flexibility index (Phi) is 7.65. The fourth-order valence-corrected chi connectivity index (χ4v) is 5.38. The van der Waals surface area contributed by atoms with E-state index in [0.717, 1.165) is 23.5 Å². The van der Waals surface area contributed by atoms with Crippen LogP contribution in [0.3, 0.4) is 0 Å². The zero-order valence-corrected chi connectivity index (χ0v) is 23.7. The topological polar surface area (TPSA) is 112 Å². The molecule has 0 atom stereocenters. The quantitative estimate of drug-likeness (QED) is 0.137. The lowest BCUT2D eigenvalue weighted by Crippen LogP contribution is -2.17. The van der Waals surface area contributed by atoms with Crippen LogP contribution in [0, 0.1) is 28.7 Å². The van der Waals surface area contributed by atoms with Crippen LogP contribution in [-0.4, -0.2) is 49.6 Å². The molecule has 0 unspecified atom stereocenters. The average molecular weight is 632 g/mol. The van der Waals surface area contributed by atoms with Crippen LogP contribution in [0.1, 0.15) is 39.6 Å². The second-order valence-corrected chi connectivity index (χ2v) is 11.4. The molecule has 44 heavy (non-hydrogen) atoms. The van der Waals surface area contributed by atoms with Crippen molar-refractivity contribution in [2.75, 3.05) is 13.8 Å². The lowest BCUT2D eigenvalue weighted by molar-refractivity contribution is 0.0696. The van der Waals surface area contributed by atoms with Crippen molar-refractivity contribution in [1.82, 2.24) is 24.7 Å². The third-order valence-electron chi connectivity index (χ3n) is 7.42. The first-order valence-corrected chi connectivity index (χ1v) is 14.0. The van der Waals surface area contributed by atoms with E-state index in [0.29, 0.717) is 23.0 Å². The summed E-state index contributed by atoms with van der Waals surface area (Å²) in [6, 6.07) is 7.04. The number of halogens is 5. The van der Waals surface area contributed by atoms with E-state index < -0.39 is 58.9 Å². The number of hydrogen-bond donors (Lipinski definition) is 1. The second-order valence-electron chi connectivity index (χ2n) is 10.4. The number of methoxy groups -OCH3 is 1. The number of fused-ring (bicyclic) bond motifs is 1. The molecule has 228 valence electrons. The summed E-state index contributed by atoms with van der Waals surface area (Å²) in [5.41, 5.74) is -2.63. The van der Waals surface area contributed by atoms with Crippen LogP contribution in [0.25, 0.3) is 22.3 Å². The molecule has 1 aliphatic rings. The minimum atomic E-state index is -1.51. The number of benzene rings is 2. The summed E-state index contributed by atoms with van der Waals surface area (Å²) >= 11 is 1.14. The predicted molar refractivity (Wildman–Crippen MR) is 147 cm³/mol. The van der Waals surface area contributed by atoms with Gasteiger partial charge in [0.2, 0.25) is 5.88 Å². The van der Waals surface area contributed by atoms with Crippen molar-refractivity contribution in [2.24, 2.45) is 5.41 Å². The van der Waals surface area contributed by atoms with E-state index in [-0.39, 0.29) is 47.1 Å². The van der Waals surface area contributed by atoms with E-state index in [1.54, 1.807) is 0 Å². The lowest BCUT2D eigenvalue weighted by Gasteiger charge is -2.16. The summed E-state index contributed by atoms with van der Waals surface area (Å²) < 4.78 is 87.1. The van der Waals surface area contributed by atoms with Gasteiger partial charge in [-0.3, -0.25) is 4.39 Å². The second kappa shape index (κ2) is 11.4. The maximum Gasteiger partial charge on any atom is 0.335 e. The van der Waals surface area contributed by atoms with Gasteiger partial charge in [-0.2, -0.15) is 0 Å². The van der Waals surface area contributed by atoms with Gasteiger partial charge in [-0.25, -0.2) is 32.3 Å². The fraction of sp³-hybridized carbons (Fsp3) is 0.276. The summed E-state index contributed by atoms with van der Waals surface area (Å²) in [6.07, 6.45) is 0.413. The molecule has 1 fully saturated rings. The molecule has 3 aromatic heterocycles. The summed E-state index contributed by atoms with van der Waals surface area (Å²) in [5, 5.41) is 17.9. The summed E-state index contributed by atoms with van der Waals surface area (Å²) in [7, 11) is 1.44. The Hall–Kier alpha value is -4.66. The number of hydrogen-bond acceptors (Lipinski definition) is 8.